The van der Waals surface area contributed by atoms with Gasteiger partial charge in [0.05, 0.1) is 12.2 Å². The Morgan fingerprint density at radius 1 is 1.33 bits per heavy atom. The number of oxazole rings is 1. The molecular weight excluding hydrogens is 378 g/mol. The molecule has 0 saturated carbocycles. The van der Waals surface area contributed by atoms with Gasteiger partial charge in [0.2, 0.25) is 0 Å². The second kappa shape index (κ2) is 6.59. The van der Waals surface area contributed by atoms with Gasteiger partial charge in [-0.3, -0.25) is 14.3 Å². The second-order valence-corrected chi connectivity index (χ2v) is 5.72. The highest BCUT2D eigenvalue weighted by Crippen LogP contribution is 2.29. The molecule has 0 spiro atoms. The number of carbonyl (C=O) groups is 2. The zero-order chi connectivity index (χ0) is 19.9. The van der Waals surface area contributed by atoms with Crippen molar-refractivity contribution in [1.82, 2.24) is 9.88 Å². The first-order valence-corrected chi connectivity index (χ1v) is 7.76. The number of carbonyl (C=O) groups excluding carboxylic acids is 2. The molecule has 12 heteroatoms. The van der Waals surface area contributed by atoms with E-state index in [1.54, 1.807) is 6.92 Å². The van der Waals surface area contributed by atoms with Gasteiger partial charge in [-0.05, 0) is 6.92 Å². The summed E-state index contributed by atoms with van der Waals surface area (Å²) in [5.41, 5.74) is -1.26. The minimum absolute atomic E-state index is 0.119. The number of amides is 2. The lowest BCUT2D eigenvalue weighted by Crippen LogP contribution is -2.37. The Morgan fingerprint density at radius 3 is 2.67 bits per heavy atom. The summed E-state index contributed by atoms with van der Waals surface area (Å²) in [6.45, 7) is 0.0257. The molecule has 2 amide bonds. The number of cyclic esters (lactones) is 1. The first-order valence-electron chi connectivity index (χ1n) is 7.76. The van der Waals surface area contributed by atoms with Crippen molar-refractivity contribution in [2.24, 2.45) is 0 Å². The zero-order valence-electron chi connectivity index (χ0n) is 13.8. The van der Waals surface area contributed by atoms with Crippen LogP contribution in [0.15, 0.2) is 21.3 Å². The predicted molar refractivity (Wildman–Crippen MR) is 82.8 cm³/mol. The summed E-state index contributed by atoms with van der Waals surface area (Å²) in [4.78, 5) is 36.3. The molecule has 27 heavy (non-hydrogen) atoms. The van der Waals surface area contributed by atoms with Crippen molar-refractivity contribution in [1.29, 1.82) is 0 Å². The van der Waals surface area contributed by atoms with Gasteiger partial charge in [0, 0.05) is 18.7 Å². The van der Waals surface area contributed by atoms with E-state index in [2.05, 4.69) is 9.73 Å². The Labute approximate surface area is 148 Å². The Bertz CT molecular complexity index is 965. The molecule has 8 nitrogen and oxygen atoms in total. The van der Waals surface area contributed by atoms with E-state index in [1.807, 2.05) is 0 Å². The van der Waals surface area contributed by atoms with Gasteiger partial charge in [-0.25, -0.2) is 14.0 Å². The number of rotatable bonds is 4. The van der Waals surface area contributed by atoms with Gasteiger partial charge in [0.25, 0.3) is 5.91 Å². The number of likely N-dealkylation sites (N-methyl/N-ethyl adjacent to an activating group) is 1. The molecule has 1 aromatic heterocycles. The zero-order valence-corrected chi connectivity index (χ0v) is 13.8. The number of halogens is 4. The van der Waals surface area contributed by atoms with Crippen LogP contribution in [-0.2, 0) is 16.1 Å². The Kier molecular flexibility index (Phi) is 4.57. The molecule has 3 rings (SSSR count). The fraction of sp³-hybridized carbons (Fsp3) is 0.400. The van der Waals surface area contributed by atoms with Crippen LogP contribution in [0.25, 0.3) is 11.1 Å². The number of alkyl halides is 3. The number of fused-ring (bicyclic) bond motifs is 1. The molecule has 1 saturated heterocycles. The van der Waals surface area contributed by atoms with E-state index in [0.29, 0.717) is 6.54 Å². The predicted octanol–water partition coefficient (Wildman–Crippen LogP) is 1.76. The van der Waals surface area contributed by atoms with Gasteiger partial charge in [0.1, 0.15) is 12.1 Å². The molecule has 1 aliphatic heterocycles. The summed E-state index contributed by atoms with van der Waals surface area (Å²) < 4.78 is 61.9. The van der Waals surface area contributed by atoms with E-state index >= 15 is 0 Å². The number of aromatic nitrogens is 1. The van der Waals surface area contributed by atoms with Crippen molar-refractivity contribution < 1.29 is 36.3 Å². The third kappa shape index (κ3) is 3.59. The van der Waals surface area contributed by atoms with Crippen LogP contribution >= 0.6 is 0 Å². The lowest BCUT2D eigenvalue weighted by molar-refractivity contribution is -0.141. The van der Waals surface area contributed by atoms with Crippen molar-refractivity contribution >= 4 is 28.8 Å². The number of hydrogen-bond donors (Lipinski definition) is 1. The van der Waals surface area contributed by atoms with Crippen LogP contribution in [0.1, 0.15) is 6.92 Å². The van der Waals surface area contributed by atoms with Crippen LogP contribution in [0.3, 0.4) is 0 Å². The number of ether oxygens (including phenoxy) is 1. The number of anilines is 1. The van der Waals surface area contributed by atoms with Crippen molar-refractivity contribution in [3.05, 3.63) is 28.5 Å². The number of nitrogens with zero attached hydrogens (tertiary/aromatic N) is 2. The topological polar surface area (TPSA) is 93.8 Å². The molecule has 0 bridgehead atoms. The monoisotopic (exact) mass is 391 g/mol. The third-order valence-electron chi connectivity index (χ3n) is 3.81. The van der Waals surface area contributed by atoms with Crippen LogP contribution in [0.4, 0.5) is 28.0 Å². The van der Waals surface area contributed by atoms with Gasteiger partial charge in [-0.2, -0.15) is 13.2 Å². The smallest absolute Gasteiger partial charge is 0.420 e. The fourth-order valence-corrected chi connectivity index (χ4v) is 2.72. The average Bonchev–Trinajstić information content (AvgIpc) is 3.07. The summed E-state index contributed by atoms with van der Waals surface area (Å²) in [6, 6.07) is 1.81. The first-order chi connectivity index (χ1) is 12.6. The molecule has 1 atom stereocenters. The van der Waals surface area contributed by atoms with E-state index in [-0.39, 0.29) is 16.8 Å². The van der Waals surface area contributed by atoms with Gasteiger partial charge in [-0.1, -0.05) is 0 Å². The summed E-state index contributed by atoms with van der Waals surface area (Å²) in [5, 5.41) is 2.47. The first kappa shape index (κ1) is 18.7. The van der Waals surface area contributed by atoms with E-state index in [0.717, 1.165) is 17.0 Å². The quantitative estimate of drug-likeness (QED) is 0.802. The van der Waals surface area contributed by atoms with Crippen molar-refractivity contribution in [2.45, 2.75) is 25.7 Å². The SMILES string of the molecule is CCNC(=O)[C@H]1CN(c2cc(F)c3c(c2)oc(=O)n3CC(F)(F)F)C(=O)O1. The van der Waals surface area contributed by atoms with Crippen molar-refractivity contribution in [2.75, 3.05) is 18.0 Å². The molecule has 0 aliphatic carbocycles. The normalized spacial score (nSPS) is 17.4. The van der Waals surface area contributed by atoms with E-state index in [1.165, 1.54) is 0 Å². The summed E-state index contributed by atoms with van der Waals surface area (Å²) in [6.07, 6.45) is -6.83. The van der Waals surface area contributed by atoms with Crippen molar-refractivity contribution in [3.8, 4) is 0 Å². The van der Waals surface area contributed by atoms with Gasteiger partial charge < -0.3 is 14.5 Å². The van der Waals surface area contributed by atoms with Gasteiger partial charge in [0.15, 0.2) is 17.5 Å². The molecule has 1 fully saturated rings. The number of nitrogens with one attached hydrogen (secondary N) is 1. The lowest BCUT2D eigenvalue weighted by atomic mass is 10.2. The average molecular weight is 391 g/mol. The summed E-state index contributed by atoms with van der Waals surface area (Å²) in [7, 11) is 0. The summed E-state index contributed by atoms with van der Waals surface area (Å²) >= 11 is 0. The molecule has 146 valence electrons. The highest BCUT2D eigenvalue weighted by molar-refractivity contribution is 5.96. The highest BCUT2D eigenvalue weighted by atomic mass is 19.4. The largest absolute Gasteiger partial charge is 0.434 e. The molecule has 2 aromatic rings. The molecular formula is C15H13F4N3O5. The molecule has 0 radical (unpaired) electrons. The molecule has 1 aromatic carbocycles. The van der Waals surface area contributed by atoms with E-state index in [9.17, 15) is 31.9 Å². The van der Waals surface area contributed by atoms with Gasteiger partial charge >= 0.3 is 18.0 Å². The molecule has 1 N–H and O–H groups in total. The maximum Gasteiger partial charge on any atom is 0.420 e. The Hall–Kier alpha value is -3.05. The third-order valence-corrected chi connectivity index (χ3v) is 3.81. The number of benzene rings is 1. The summed E-state index contributed by atoms with van der Waals surface area (Å²) in [5.74, 6) is -3.12. The van der Waals surface area contributed by atoms with Gasteiger partial charge in [-0.15, -0.1) is 0 Å². The molecule has 0 unspecified atom stereocenters. The molecule has 2 heterocycles. The molecule has 1 aliphatic rings. The van der Waals surface area contributed by atoms with Crippen LogP contribution in [0.5, 0.6) is 0 Å². The fourth-order valence-electron chi connectivity index (χ4n) is 2.72. The second-order valence-electron chi connectivity index (χ2n) is 5.72. The van der Waals surface area contributed by atoms with Crippen LogP contribution in [-0.4, -0.2) is 41.9 Å². The van der Waals surface area contributed by atoms with Crippen LogP contribution < -0.4 is 16.0 Å². The highest BCUT2D eigenvalue weighted by Gasteiger charge is 2.38. The standard InChI is InChI=1S/C15H13F4N3O5/c1-2-20-12(23)10-5-21(13(24)27-10)7-3-8(16)11-9(4-7)26-14(25)22(11)6-15(17,18)19/h3-4,10H,2,5-6H2,1H3,(H,20,23)/t10-/m1/s1. The van der Waals surface area contributed by atoms with Crippen molar-refractivity contribution in [3.63, 3.8) is 0 Å². The van der Waals surface area contributed by atoms with E-state index < -0.39 is 53.5 Å². The van der Waals surface area contributed by atoms with Crippen LogP contribution in [0, 0.1) is 5.82 Å². The maximum absolute atomic E-state index is 14.4. The minimum Gasteiger partial charge on any atom is -0.434 e. The Balaban J connectivity index is 1.97. The minimum atomic E-state index is -4.76. The van der Waals surface area contributed by atoms with Crippen LogP contribution in [0.2, 0.25) is 0 Å². The Morgan fingerprint density at radius 2 is 2.04 bits per heavy atom. The number of hydrogen-bond acceptors (Lipinski definition) is 5. The lowest BCUT2D eigenvalue weighted by Gasteiger charge is -2.13. The van der Waals surface area contributed by atoms with E-state index in [4.69, 9.17) is 4.74 Å². The maximum atomic E-state index is 14.4.